The lowest BCUT2D eigenvalue weighted by molar-refractivity contribution is 0.0689. The van der Waals surface area contributed by atoms with Gasteiger partial charge in [-0.2, -0.15) is 0 Å². The first-order valence-corrected chi connectivity index (χ1v) is 8.75. The fraction of sp³-hybridized carbons (Fsp3) is 0.0952. The largest absolute Gasteiger partial charge is 0.478 e. The minimum absolute atomic E-state index is 0.162. The summed E-state index contributed by atoms with van der Waals surface area (Å²) < 4.78 is 5.31. The third-order valence-corrected chi connectivity index (χ3v) is 5.56. The number of hydrogen-bond acceptors (Lipinski definition) is 2. The summed E-state index contributed by atoms with van der Waals surface area (Å²) in [5.41, 5.74) is 2.93. The molecule has 3 nitrogen and oxygen atoms in total. The number of carbonyl (C=O) groups is 1. The van der Waals surface area contributed by atoms with Crippen molar-refractivity contribution in [1.82, 2.24) is 0 Å². The van der Waals surface area contributed by atoms with Gasteiger partial charge in [0.1, 0.15) is 5.75 Å². The zero-order valence-corrected chi connectivity index (χ0v) is 14.8. The van der Waals surface area contributed by atoms with E-state index in [-0.39, 0.29) is 11.5 Å². The Bertz CT molecular complexity index is 939. The van der Waals surface area contributed by atoms with Gasteiger partial charge in [-0.25, -0.2) is 4.79 Å². The fourth-order valence-corrected chi connectivity index (χ4v) is 4.48. The maximum Gasteiger partial charge on any atom is 0.336 e. The predicted molar refractivity (Wildman–Crippen MR) is 99.4 cm³/mol. The molecule has 0 saturated carbocycles. The van der Waals surface area contributed by atoms with Crippen molar-refractivity contribution in [2.24, 2.45) is 0 Å². The van der Waals surface area contributed by atoms with Crippen LogP contribution in [0.25, 0.3) is 0 Å². The summed E-state index contributed by atoms with van der Waals surface area (Å²) in [6.45, 7) is 0. The highest BCUT2D eigenvalue weighted by Crippen LogP contribution is 2.57. The van der Waals surface area contributed by atoms with Gasteiger partial charge in [0.2, 0.25) is 0 Å². The van der Waals surface area contributed by atoms with Crippen LogP contribution in [0.1, 0.15) is 33.0 Å². The monoisotopic (exact) mass is 394 g/mol. The molecular formula is C21H15BrO3. The summed E-state index contributed by atoms with van der Waals surface area (Å²) >= 11 is 3.77. The zero-order valence-electron chi connectivity index (χ0n) is 13.2. The Morgan fingerprint density at radius 3 is 2.32 bits per heavy atom. The molecule has 0 bridgehead atoms. The van der Waals surface area contributed by atoms with Crippen LogP contribution in [-0.2, 0) is 4.51 Å². The Labute approximate surface area is 154 Å². The lowest BCUT2D eigenvalue weighted by Crippen LogP contribution is -2.31. The van der Waals surface area contributed by atoms with Crippen LogP contribution in [0.4, 0.5) is 0 Å². The summed E-state index contributed by atoms with van der Waals surface area (Å²) in [5.74, 6) is -0.375. The lowest BCUT2D eigenvalue weighted by Gasteiger charge is -2.31. The fourth-order valence-electron chi connectivity index (χ4n) is 3.45. The molecule has 1 heterocycles. The van der Waals surface area contributed by atoms with E-state index < -0.39 is 10.5 Å². The number of fused-ring (bicyclic) bond motifs is 1. The minimum Gasteiger partial charge on any atom is -0.478 e. The van der Waals surface area contributed by atoms with Crippen molar-refractivity contribution in [1.29, 1.82) is 0 Å². The molecule has 2 unspecified atom stereocenters. The number of hydrogen-bond donors (Lipinski definition) is 1. The molecular weight excluding hydrogens is 380 g/mol. The average molecular weight is 395 g/mol. The van der Waals surface area contributed by atoms with Crippen molar-refractivity contribution in [3.05, 3.63) is 101 Å². The summed E-state index contributed by atoms with van der Waals surface area (Å²) in [4.78, 5) is 11.8. The molecule has 25 heavy (non-hydrogen) atoms. The Morgan fingerprint density at radius 2 is 1.56 bits per heavy atom. The van der Waals surface area contributed by atoms with E-state index in [1.807, 2.05) is 60.7 Å². The van der Waals surface area contributed by atoms with Gasteiger partial charge in [0.15, 0.2) is 4.51 Å². The van der Waals surface area contributed by atoms with Gasteiger partial charge < -0.3 is 9.84 Å². The van der Waals surface area contributed by atoms with Gasteiger partial charge in [-0.15, -0.1) is 0 Å². The van der Waals surface area contributed by atoms with Gasteiger partial charge >= 0.3 is 5.97 Å². The van der Waals surface area contributed by atoms with E-state index in [0.29, 0.717) is 5.56 Å². The number of alkyl halides is 1. The van der Waals surface area contributed by atoms with E-state index in [9.17, 15) is 9.90 Å². The summed E-state index contributed by atoms with van der Waals surface area (Å²) in [7, 11) is 0. The standard InChI is InChI=1S/C21H15BrO3/c22-21(17-12-6-4-10-15(17)20(23)24)19(14-8-2-1-3-9-14)16-11-5-7-13-18(16)25-21/h1-13,19H,(H,23,24). The minimum atomic E-state index is -0.979. The van der Waals surface area contributed by atoms with Crippen LogP contribution in [0.15, 0.2) is 78.9 Å². The normalized spacial score (nSPS) is 21.4. The number of carboxylic acid groups (broad SMARTS) is 1. The molecule has 3 aromatic rings. The Hall–Kier alpha value is -2.59. The van der Waals surface area contributed by atoms with E-state index >= 15 is 0 Å². The van der Waals surface area contributed by atoms with E-state index in [1.54, 1.807) is 18.2 Å². The predicted octanol–water partition coefficient (Wildman–Crippen LogP) is 5.16. The van der Waals surface area contributed by atoms with Crippen LogP contribution in [0.5, 0.6) is 5.75 Å². The molecule has 2 atom stereocenters. The smallest absolute Gasteiger partial charge is 0.336 e. The van der Waals surface area contributed by atoms with Crippen LogP contribution < -0.4 is 4.74 Å². The molecule has 0 radical (unpaired) electrons. The Kier molecular flexibility index (Phi) is 3.85. The topological polar surface area (TPSA) is 46.5 Å². The van der Waals surface area contributed by atoms with Crippen LogP contribution in [0, 0.1) is 0 Å². The third kappa shape index (κ3) is 2.53. The summed E-state index contributed by atoms with van der Waals surface area (Å²) in [5, 5.41) is 9.64. The second kappa shape index (κ2) is 6.05. The number of halogens is 1. The van der Waals surface area contributed by atoms with E-state index in [0.717, 1.165) is 16.9 Å². The maximum atomic E-state index is 11.8. The zero-order chi connectivity index (χ0) is 17.4. The highest BCUT2D eigenvalue weighted by molar-refractivity contribution is 9.09. The third-order valence-electron chi connectivity index (χ3n) is 4.52. The molecule has 0 saturated heterocycles. The van der Waals surface area contributed by atoms with Gasteiger partial charge in [-0.3, -0.25) is 0 Å². The second-order valence-electron chi connectivity index (χ2n) is 5.98. The van der Waals surface area contributed by atoms with Crippen LogP contribution in [0.3, 0.4) is 0 Å². The lowest BCUT2D eigenvalue weighted by atomic mass is 9.84. The maximum absolute atomic E-state index is 11.8. The van der Waals surface area contributed by atoms with Crippen molar-refractivity contribution in [2.75, 3.05) is 0 Å². The first-order valence-electron chi connectivity index (χ1n) is 7.96. The van der Waals surface area contributed by atoms with Gasteiger partial charge in [0.25, 0.3) is 0 Å². The van der Waals surface area contributed by atoms with Crippen molar-refractivity contribution in [3.63, 3.8) is 0 Å². The van der Waals surface area contributed by atoms with Crippen molar-refractivity contribution in [2.45, 2.75) is 10.4 Å². The molecule has 0 aromatic heterocycles. The van der Waals surface area contributed by atoms with Crippen LogP contribution >= 0.6 is 15.9 Å². The van der Waals surface area contributed by atoms with Gasteiger partial charge in [0, 0.05) is 11.1 Å². The second-order valence-corrected chi connectivity index (χ2v) is 7.16. The number of aromatic carboxylic acids is 1. The molecule has 0 amide bonds. The van der Waals surface area contributed by atoms with Gasteiger partial charge in [-0.05, 0) is 33.6 Å². The summed E-state index contributed by atoms with van der Waals surface area (Å²) in [6, 6.07) is 24.8. The molecule has 3 aromatic carbocycles. The van der Waals surface area contributed by atoms with E-state index in [4.69, 9.17) is 4.74 Å². The van der Waals surface area contributed by atoms with Crippen molar-refractivity contribution in [3.8, 4) is 5.75 Å². The van der Waals surface area contributed by atoms with Crippen molar-refractivity contribution < 1.29 is 14.6 Å². The summed E-state index contributed by atoms with van der Waals surface area (Å²) in [6.07, 6.45) is 0. The Morgan fingerprint density at radius 1 is 0.920 bits per heavy atom. The number of carboxylic acids is 1. The molecule has 1 aliphatic rings. The van der Waals surface area contributed by atoms with E-state index in [2.05, 4.69) is 15.9 Å². The van der Waals surface area contributed by atoms with Crippen molar-refractivity contribution >= 4 is 21.9 Å². The molecule has 4 rings (SSSR count). The molecule has 0 spiro atoms. The average Bonchev–Trinajstić information content (AvgIpc) is 2.95. The number of benzene rings is 3. The SMILES string of the molecule is O=C(O)c1ccccc1C1(Br)Oc2ccccc2C1c1ccccc1. The number of para-hydroxylation sites is 1. The van der Waals surface area contributed by atoms with Gasteiger partial charge in [0.05, 0.1) is 11.5 Å². The molecule has 4 heteroatoms. The highest BCUT2D eigenvalue weighted by Gasteiger charge is 2.50. The first kappa shape index (κ1) is 15.9. The first-order chi connectivity index (χ1) is 12.1. The number of rotatable bonds is 3. The van der Waals surface area contributed by atoms with Crippen LogP contribution in [-0.4, -0.2) is 11.1 Å². The molecule has 0 aliphatic carbocycles. The van der Waals surface area contributed by atoms with Gasteiger partial charge in [-0.1, -0.05) is 66.7 Å². The quantitative estimate of drug-likeness (QED) is 0.624. The van der Waals surface area contributed by atoms with Crippen LogP contribution in [0.2, 0.25) is 0 Å². The number of ether oxygens (including phenoxy) is 1. The molecule has 0 fully saturated rings. The molecule has 1 aliphatic heterocycles. The molecule has 124 valence electrons. The molecule has 1 N–H and O–H groups in total. The Balaban J connectivity index is 1.96. The van der Waals surface area contributed by atoms with E-state index in [1.165, 1.54) is 0 Å². The highest BCUT2D eigenvalue weighted by atomic mass is 79.9.